The Morgan fingerprint density at radius 3 is 2.21 bits per heavy atom. The average Bonchev–Trinajstić information content (AvgIpc) is 2.37. The first-order valence-electron chi connectivity index (χ1n) is 5.91. The minimum atomic E-state index is -1.03. The van der Waals surface area contributed by atoms with Crippen LogP contribution in [0.25, 0.3) is 0 Å². The molecule has 1 amide bonds. The van der Waals surface area contributed by atoms with E-state index in [2.05, 4.69) is 10.1 Å². The predicted octanol–water partition coefficient (Wildman–Crippen LogP) is 1.31. The molecule has 1 aromatic rings. The molecule has 1 aromatic carbocycles. The molecule has 19 heavy (non-hydrogen) atoms. The number of rotatable bonds is 5. The van der Waals surface area contributed by atoms with Crippen LogP contribution in [0.2, 0.25) is 0 Å². The van der Waals surface area contributed by atoms with Gasteiger partial charge in [-0.2, -0.15) is 0 Å². The Labute approximate surface area is 112 Å². The zero-order valence-corrected chi connectivity index (χ0v) is 11.6. The van der Waals surface area contributed by atoms with E-state index in [4.69, 9.17) is 4.74 Å². The summed E-state index contributed by atoms with van der Waals surface area (Å²) < 4.78 is 9.67. The van der Waals surface area contributed by atoms with Crippen molar-refractivity contribution in [3.05, 3.63) is 29.8 Å². The number of benzene rings is 1. The van der Waals surface area contributed by atoms with Gasteiger partial charge in [-0.15, -0.1) is 0 Å². The van der Waals surface area contributed by atoms with Gasteiger partial charge in [0.2, 0.25) is 5.91 Å². The Morgan fingerprint density at radius 2 is 1.74 bits per heavy atom. The molecular weight excluding hydrogens is 246 g/mol. The molecule has 0 aliphatic rings. The molecule has 1 N–H and O–H groups in total. The summed E-state index contributed by atoms with van der Waals surface area (Å²) in [6.07, 6.45) is 0.199. The van der Waals surface area contributed by atoms with E-state index in [0.29, 0.717) is 0 Å². The molecule has 0 unspecified atom stereocenters. The number of esters is 1. The van der Waals surface area contributed by atoms with Crippen molar-refractivity contribution in [2.24, 2.45) is 0 Å². The maximum atomic E-state index is 11.9. The van der Waals surface area contributed by atoms with Gasteiger partial charge in [0.1, 0.15) is 11.3 Å². The number of ether oxygens (including phenoxy) is 2. The van der Waals surface area contributed by atoms with E-state index < -0.39 is 11.5 Å². The molecule has 0 saturated heterocycles. The highest BCUT2D eigenvalue weighted by Crippen LogP contribution is 2.12. The third kappa shape index (κ3) is 4.28. The summed E-state index contributed by atoms with van der Waals surface area (Å²) >= 11 is 0. The van der Waals surface area contributed by atoms with Gasteiger partial charge in [0.25, 0.3) is 0 Å². The summed E-state index contributed by atoms with van der Waals surface area (Å²) in [5.74, 6) is 0.0233. The molecule has 104 valence electrons. The van der Waals surface area contributed by atoms with Crippen LogP contribution in [-0.2, 0) is 20.7 Å². The zero-order valence-electron chi connectivity index (χ0n) is 11.6. The highest BCUT2D eigenvalue weighted by Gasteiger charge is 2.30. The SMILES string of the molecule is COC(=O)C(C)(C)NC(=O)Cc1ccc(OC)cc1. The van der Waals surface area contributed by atoms with Crippen molar-refractivity contribution in [3.63, 3.8) is 0 Å². The van der Waals surface area contributed by atoms with Gasteiger partial charge in [0.15, 0.2) is 0 Å². The predicted molar refractivity (Wildman–Crippen MR) is 70.9 cm³/mol. The number of carbonyl (C=O) groups is 2. The minimum absolute atomic E-state index is 0.199. The first kappa shape index (κ1) is 15.0. The molecule has 1 rings (SSSR count). The van der Waals surface area contributed by atoms with Crippen molar-refractivity contribution in [2.75, 3.05) is 14.2 Å². The first-order valence-corrected chi connectivity index (χ1v) is 5.91. The quantitative estimate of drug-likeness (QED) is 0.815. The Kier molecular flexibility index (Phi) is 4.92. The normalized spacial score (nSPS) is 10.7. The maximum Gasteiger partial charge on any atom is 0.330 e. The van der Waals surface area contributed by atoms with Gasteiger partial charge in [-0.3, -0.25) is 4.79 Å². The van der Waals surface area contributed by atoms with Crippen molar-refractivity contribution in [1.29, 1.82) is 0 Å². The van der Waals surface area contributed by atoms with Crippen LogP contribution in [0.4, 0.5) is 0 Å². The molecular formula is C14H19NO4. The van der Waals surface area contributed by atoms with Crippen molar-refractivity contribution in [2.45, 2.75) is 25.8 Å². The summed E-state index contributed by atoms with van der Waals surface area (Å²) in [7, 11) is 2.88. The molecule has 0 bridgehead atoms. The van der Waals surface area contributed by atoms with Gasteiger partial charge < -0.3 is 14.8 Å². The average molecular weight is 265 g/mol. The maximum absolute atomic E-state index is 11.9. The van der Waals surface area contributed by atoms with E-state index in [0.717, 1.165) is 11.3 Å². The lowest BCUT2D eigenvalue weighted by Gasteiger charge is -2.23. The lowest BCUT2D eigenvalue weighted by Crippen LogP contribution is -2.50. The molecule has 0 fully saturated rings. The third-order valence-electron chi connectivity index (χ3n) is 2.67. The Morgan fingerprint density at radius 1 is 1.16 bits per heavy atom. The smallest absolute Gasteiger partial charge is 0.330 e. The van der Waals surface area contributed by atoms with Crippen LogP contribution in [0.3, 0.4) is 0 Å². The van der Waals surface area contributed by atoms with Crippen LogP contribution in [0.15, 0.2) is 24.3 Å². The number of methoxy groups -OCH3 is 2. The third-order valence-corrected chi connectivity index (χ3v) is 2.67. The number of amides is 1. The Balaban J connectivity index is 2.62. The van der Waals surface area contributed by atoms with Crippen molar-refractivity contribution >= 4 is 11.9 Å². The van der Waals surface area contributed by atoms with E-state index in [1.807, 2.05) is 12.1 Å². The summed E-state index contributed by atoms with van der Waals surface area (Å²) in [6.45, 7) is 3.20. The molecule has 0 saturated carbocycles. The molecule has 0 radical (unpaired) electrons. The van der Waals surface area contributed by atoms with Crippen LogP contribution in [0, 0.1) is 0 Å². The molecule has 0 aliphatic carbocycles. The fraction of sp³-hybridized carbons (Fsp3) is 0.429. The van der Waals surface area contributed by atoms with Gasteiger partial charge in [0.05, 0.1) is 20.6 Å². The second kappa shape index (κ2) is 6.22. The van der Waals surface area contributed by atoms with Gasteiger partial charge in [0, 0.05) is 0 Å². The number of nitrogens with one attached hydrogen (secondary N) is 1. The molecule has 0 spiro atoms. The molecule has 5 heteroatoms. The minimum Gasteiger partial charge on any atom is -0.497 e. The highest BCUT2D eigenvalue weighted by molar-refractivity contribution is 5.88. The molecule has 0 heterocycles. The number of carbonyl (C=O) groups excluding carboxylic acids is 2. The Hall–Kier alpha value is -2.04. The van der Waals surface area contributed by atoms with Crippen LogP contribution in [-0.4, -0.2) is 31.6 Å². The van der Waals surface area contributed by atoms with Crippen LogP contribution >= 0.6 is 0 Å². The van der Waals surface area contributed by atoms with Gasteiger partial charge in [-0.05, 0) is 31.5 Å². The van der Waals surface area contributed by atoms with Crippen molar-refractivity contribution < 1.29 is 19.1 Å². The first-order chi connectivity index (χ1) is 8.89. The number of hydrogen-bond donors (Lipinski definition) is 1. The fourth-order valence-electron chi connectivity index (χ4n) is 1.63. The van der Waals surface area contributed by atoms with E-state index in [1.54, 1.807) is 33.1 Å². The summed E-state index contributed by atoms with van der Waals surface area (Å²) in [6, 6.07) is 7.19. The summed E-state index contributed by atoms with van der Waals surface area (Å²) in [5, 5.41) is 2.64. The number of hydrogen-bond acceptors (Lipinski definition) is 4. The topological polar surface area (TPSA) is 64.6 Å². The van der Waals surface area contributed by atoms with E-state index in [1.165, 1.54) is 7.11 Å². The second-order valence-corrected chi connectivity index (χ2v) is 4.69. The van der Waals surface area contributed by atoms with Gasteiger partial charge >= 0.3 is 5.97 Å². The summed E-state index contributed by atoms with van der Waals surface area (Å²) in [4.78, 5) is 23.3. The Bertz CT molecular complexity index is 451. The van der Waals surface area contributed by atoms with Crippen molar-refractivity contribution in [1.82, 2.24) is 5.32 Å². The van der Waals surface area contributed by atoms with Crippen LogP contribution < -0.4 is 10.1 Å². The summed E-state index contributed by atoms with van der Waals surface area (Å²) in [5.41, 5.74) is -0.183. The van der Waals surface area contributed by atoms with Crippen molar-refractivity contribution in [3.8, 4) is 5.75 Å². The standard InChI is InChI=1S/C14H19NO4/c1-14(2,13(17)19-4)15-12(16)9-10-5-7-11(18-3)8-6-10/h5-8H,9H2,1-4H3,(H,15,16). The monoisotopic (exact) mass is 265 g/mol. The highest BCUT2D eigenvalue weighted by atomic mass is 16.5. The van der Waals surface area contributed by atoms with Gasteiger partial charge in [-0.1, -0.05) is 12.1 Å². The van der Waals surface area contributed by atoms with E-state index in [9.17, 15) is 9.59 Å². The van der Waals surface area contributed by atoms with Gasteiger partial charge in [-0.25, -0.2) is 4.79 Å². The fourth-order valence-corrected chi connectivity index (χ4v) is 1.63. The lowest BCUT2D eigenvalue weighted by atomic mass is 10.0. The molecule has 0 aliphatic heterocycles. The molecule has 0 aromatic heterocycles. The lowest BCUT2D eigenvalue weighted by molar-refractivity contribution is -0.149. The van der Waals surface area contributed by atoms with Crippen LogP contribution in [0.5, 0.6) is 5.75 Å². The van der Waals surface area contributed by atoms with E-state index in [-0.39, 0.29) is 12.3 Å². The van der Waals surface area contributed by atoms with E-state index >= 15 is 0 Å². The molecule has 5 nitrogen and oxygen atoms in total. The molecule has 0 atom stereocenters. The largest absolute Gasteiger partial charge is 0.497 e. The van der Waals surface area contributed by atoms with Crippen LogP contribution in [0.1, 0.15) is 19.4 Å². The second-order valence-electron chi connectivity index (χ2n) is 4.69. The zero-order chi connectivity index (χ0) is 14.5.